The third-order valence-electron chi connectivity index (χ3n) is 6.35. The summed E-state index contributed by atoms with van der Waals surface area (Å²) in [7, 11) is -3.52. The van der Waals surface area contributed by atoms with Crippen LogP contribution in [0.5, 0.6) is 0 Å². The number of hydrogen-bond acceptors (Lipinski definition) is 4. The topological polar surface area (TPSA) is 69.7 Å². The monoisotopic (exact) mass is 405 g/mol. The van der Waals surface area contributed by atoms with Crippen LogP contribution in [0.15, 0.2) is 23.1 Å². The largest absolute Gasteiger partial charge is 0.370 e. The highest BCUT2D eigenvalue weighted by molar-refractivity contribution is 7.89. The molecule has 0 aromatic heterocycles. The lowest BCUT2D eigenvalue weighted by Crippen LogP contribution is -2.36. The lowest BCUT2D eigenvalue weighted by molar-refractivity contribution is -0.122. The lowest BCUT2D eigenvalue weighted by Gasteiger charge is -2.32. The van der Waals surface area contributed by atoms with Gasteiger partial charge in [0, 0.05) is 32.1 Å². The van der Waals surface area contributed by atoms with Crippen LogP contribution in [0, 0.1) is 5.92 Å². The number of rotatable bonds is 5. The van der Waals surface area contributed by atoms with Crippen LogP contribution in [0.3, 0.4) is 0 Å². The second-order valence-electron chi connectivity index (χ2n) is 8.31. The standard InChI is InChI=1S/C21H31N3O3S/c25-21(17-8-7-9-17)22-19-16-18(28(26,27)24-14-5-2-6-15-24)10-11-20(19)23-12-3-1-4-13-23/h10-11,16-17H,1-9,12-15H2,(H,22,25). The van der Waals surface area contributed by atoms with Gasteiger partial charge >= 0.3 is 0 Å². The van der Waals surface area contributed by atoms with Crippen LogP contribution in [0.4, 0.5) is 11.4 Å². The maximum Gasteiger partial charge on any atom is 0.243 e. The molecule has 2 aliphatic heterocycles. The minimum absolute atomic E-state index is 0.0250. The van der Waals surface area contributed by atoms with Crippen LogP contribution in [0.1, 0.15) is 57.8 Å². The molecule has 6 nitrogen and oxygen atoms in total. The molecule has 28 heavy (non-hydrogen) atoms. The second-order valence-corrected chi connectivity index (χ2v) is 10.2. The van der Waals surface area contributed by atoms with Gasteiger partial charge in [-0.2, -0.15) is 4.31 Å². The number of hydrogen-bond donors (Lipinski definition) is 1. The van der Waals surface area contributed by atoms with Gasteiger partial charge in [0.25, 0.3) is 0 Å². The van der Waals surface area contributed by atoms with Crippen molar-refractivity contribution in [3.8, 4) is 0 Å². The van der Waals surface area contributed by atoms with Gasteiger partial charge in [-0.05, 0) is 63.1 Å². The summed E-state index contributed by atoms with van der Waals surface area (Å²) < 4.78 is 27.8. The van der Waals surface area contributed by atoms with Gasteiger partial charge in [0.05, 0.1) is 16.3 Å². The first kappa shape index (κ1) is 19.7. The molecule has 0 spiro atoms. The van der Waals surface area contributed by atoms with Gasteiger partial charge in [0.15, 0.2) is 0 Å². The molecule has 0 bridgehead atoms. The van der Waals surface area contributed by atoms with Crippen molar-refractivity contribution in [2.24, 2.45) is 5.92 Å². The Kier molecular flexibility index (Phi) is 5.92. The third-order valence-corrected chi connectivity index (χ3v) is 8.25. The maximum absolute atomic E-state index is 13.1. The molecule has 0 radical (unpaired) electrons. The van der Waals surface area contributed by atoms with Gasteiger partial charge in [0.1, 0.15) is 0 Å². The lowest BCUT2D eigenvalue weighted by atomic mass is 9.85. The van der Waals surface area contributed by atoms with Crippen LogP contribution in [0.2, 0.25) is 0 Å². The Hall–Kier alpha value is -1.60. The summed E-state index contributed by atoms with van der Waals surface area (Å²) in [6, 6.07) is 5.29. The van der Waals surface area contributed by atoms with Crippen LogP contribution in [-0.4, -0.2) is 44.8 Å². The molecule has 1 amide bonds. The Morgan fingerprint density at radius 3 is 2.14 bits per heavy atom. The van der Waals surface area contributed by atoms with Crippen LogP contribution in [0.25, 0.3) is 0 Å². The van der Waals surface area contributed by atoms with E-state index in [1.165, 1.54) is 6.42 Å². The van der Waals surface area contributed by atoms with Gasteiger partial charge in [-0.1, -0.05) is 12.8 Å². The minimum atomic E-state index is -3.52. The fourth-order valence-electron chi connectivity index (χ4n) is 4.35. The number of carbonyl (C=O) groups is 1. The number of nitrogens with zero attached hydrogens (tertiary/aromatic N) is 2. The summed E-state index contributed by atoms with van der Waals surface area (Å²) in [5.74, 6) is 0.0913. The van der Waals surface area contributed by atoms with E-state index in [0.717, 1.165) is 70.1 Å². The van der Waals surface area contributed by atoms with Crippen molar-refractivity contribution < 1.29 is 13.2 Å². The molecular weight excluding hydrogens is 374 g/mol. The molecule has 3 aliphatic rings. The Balaban J connectivity index is 1.64. The summed E-state index contributed by atoms with van der Waals surface area (Å²) in [6.07, 6.45) is 9.35. The van der Waals surface area contributed by atoms with E-state index in [4.69, 9.17) is 0 Å². The van der Waals surface area contributed by atoms with Crippen molar-refractivity contribution in [1.82, 2.24) is 4.31 Å². The van der Waals surface area contributed by atoms with E-state index in [9.17, 15) is 13.2 Å². The summed E-state index contributed by atoms with van der Waals surface area (Å²) in [4.78, 5) is 15.2. The first-order chi connectivity index (χ1) is 13.6. The molecule has 2 saturated heterocycles. The molecule has 4 rings (SSSR count). The van der Waals surface area contributed by atoms with E-state index < -0.39 is 10.0 Å². The average molecular weight is 406 g/mol. The molecule has 0 unspecified atom stereocenters. The molecule has 154 valence electrons. The number of sulfonamides is 1. The molecule has 2 heterocycles. The summed E-state index contributed by atoms with van der Waals surface area (Å²) >= 11 is 0. The van der Waals surface area contributed by atoms with Crippen LogP contribution in [-0.2, 0) is 14.8 Å². The van der Waals surface area contributed by atoms with Gasteiger partial charge < -0.3 is 10.2 Å². The predicted octanol–water partition coefficient (Wildman–Crippen LogP) is 3.59. The number of amides is 1. The van der Waals surface area contributed by atoms with Gasteiger partial charge in [-0.15, -0.1) is 0 Å². The quantitative estimate of drug-likeness (QED) is 0.813. The summed E-state index contributed by atoms with van der Waals surface area (Å²) in [5.41, 5.74) is 1.60. The van der Waals surface area contributed by atoms with Crippen LogP contribution < -0.4 is 10.2 Å². The van der Waals surface area contributed by atoms with E-state index in [1.807, 2.05) is 6.07 Å². The Morgan fingerprint density at radius 2 is 1.54 bits per heavy atom. The smallest absolute Gasteiger partial charge is 0.243 e. The summed E-state index contributed by atoms with van der Waals surface area (Å²) in [6.45, 7) is 3.06. The molecule has 3 fully saturated rings. The number of anilines is 2. The number of nitrogens with one attached hydrogen (secondary N) is 1. The molecule has 7 heteroatoms. The van der Waals surface area contributed by atoms with Crippen molar-refractivity contribution in [3.63, 3.8) is 0 Å². The van der Waals surface area contributed by atoms with E-state index in [-0.39, 0.29) is 11.8 Å². The normalized spacial score (nSPS) is 21.9. The van der Waals surface area contributed by atoms with Gasteiger partial charge in [-0.3, -0.25) is 4.79 Å². The second kappa shape index (κ2) is 8.41. The Morgan fingerprint density at radius 1 is 0.893 bits per heavy atom. The van der Waals surface area contributed by atoms with E-state index in [1.54, 1.807) is 16.4 Å². The van der Waals surface area contributed by atoms with Crippen molar-refractivity contribution in [3.05, 3.63) is 18.2 Å². The summed E-state index contributed by atoms with van der Waals surface area (Å²) in [5, 5.41) is 3.06. The first-order valence-corrected chi connectivity index (χ1v) is 12.2. The predicted molar refractivity (Wildman–Crippen MR) is 111 cm³/mol. The zero-order valence-electron chi connectivity index (χ0n) is 16.5. The first-order valence-electron chi connectivity index (χ1n) is 10.8. The SMILES string of the molecule is O=C(Nc1cc(S(=O)(=O)N2CCCCC2)ccc1N1CCCCC1)C1CCC1. The zero-order chi connectivity index (χ0) is 19.6. The van der Waals surface area contributed by atoms with E-state index in [2.05, 4.69) is 10.2 Å². The number of carbonyl (C=O) groups excluding carboxylic acids is 1. The maximum atomic E-state index is 13.1. The molecule has 1 aliphatic carbocycles. The van der Waals surface area contributed by atoms with Gasteiger partial charge in [-0.25, -0.2) is 8.42 Å². The highest BCUT2D eigenvalue weighted by Crippen LogP contribution is 2.34. The van der Waals surface area contributed by atoms with Crippen molar-refractivity contribution >= 4 is 27.3 Å². The van der Waals surface area contributed by atoms with Gasteiger partial charge in [0.2, 0.25) is 15.9 Å². The number of benzene rings is 1. The Bertz CT molecular complexity index is 808. The van der Waals surface area contributed by atoms with Crippen molar-refractivity contribution in [2.45, 2.75) is 62.7 Å². The van der Waals surface area contributed by atoms with Crippen LogP contribution >= 0.6 is 0 Å². The molecular formula is C21H31N3O3S. The number of piperidine rings is 2. The van der Waals surface area contributed by atoms with Crippen molar-refractivity contribution in [1.29, 1.82) is 0 Å². The fraction of sp³-hybridized carbons (Fsp3) is 0.667. The highest BCUT2D eigenvalue weighted by Gasteiger charge is 2.29. The van der Waals surface area contributed by atoms with Crippen molar-refractivity contribution in [2.75, 3.05) is 36.4 Å². The molecule has 1 saturated carbocycles. The minimum Gasteiger partial charge on any atom is -0.370 e. The van der Waals surface area contributed by atoms with E-state index >= 15 is 0 Å². The average Bonchev–Trinajstić information content (AvgIpc) is 2.68. The van der Waals surface area contributed by atoms with E-state index in [0.29, 0.717) is 23.7 Å². The molecule has 1 aromatic carbocycles. The highest BCUT2D eigenvalue weighted by atomic mass is 32.2. The fourth-order valence-corrected chi connectivity index (χ4v) is 5.89. The molecule has 0 atom stereocenters. The molecule has 1 N–H and O–H groups in total. The molecule has 1 aromatic rings. The third kappa shape index (κ3) is 4.06. The Labute approximate surface area is 168 Å². The zero-order valence-corrected chi connectivity index (χ0v) is 17.3.